The first-order valence-electron chi connectivity index (χ1n) is 8.40. The summed E-state index contributed by atoms with van der Waals surface area (Å²) in [6.45, 7) is 7.39. The molecule has 1 heterocycles. The van der Waals surface area contributed by atoms with Gasteiger partial charge in [0.2, 0.25) is 0 Å². The van der Waals surface area contributed by atoms with Gasteiger partial charge in [-0.1, -0.05) is 13.8 Å². The van der Waals surface area contributed by atoms with Gasteiger partial charge in [-0.3, -0.25) is 4.79 Å². The predicted molar refractivity (Wildman–Crippen MR) is 102 cm³/mol. The van der Waals surface area contributed by atoms with Crippen LogP contribution in [0.5, 0.6) is 5.75 Å². The number of amides is 1. The van der Waals surface area contributed by atoms with E-state index in [4.69, 9.17) is 9.47 Å². The van der Waals surface area contributed by atoms with Crippen LogP contribution in [0.3, 0.4) is 0 Å². The number of aryl methyl sites for hydroxylation is 1. The van der Waals surface area contributed by atoms with Gasteiger partial charge in [0.1, 0.15) is 15.6 Å². The van der Waals surface area contributed by atoms with Gasteiger partial charge in [0, 0.05) is 11.6 Å². The molecule has 0 aliphatic rings. The number of carbonyl (C=O) groups is 2. The molecule has 0 aliphatic carbocycles. The smallest absolute Gasteiger partial charge is 0.350 e. The first-order valence-corrected chi connectivity index (χ1v) is 9.21. The van der Waals surface area contributed by atoms with Gasteiger partial charge in [-0.15, -0.1) is 11.3 Å². The molecule has 2 rings (SSSR count). The molecule has 0 fully saturated rings. The number of aromatic nitrogens is 1. The standard InChI is InChI=1S/C19H24N2O4S/c1-11(2)12(3)20-16(22)10-25-19(23)17-13(4)21-18(26-17)14-6-8-15(24-5)9-7-14/h6-9,11-12H,10H2,1-5H3,(H,20,22)/t12-/m1/s1. The fourth-order valence-electron chi connectivity index (χ4n) is 2.10. The molecular formula is C19H24N2O4S. The maximum Gasteiger partial charge on any atom is 0.350 e. The zero-order valence-electron chi connectivity index (χ0n) is 15.7. The highest BCUT2D eigenvalue weighted by atomic mass is 32.1. The molecular weight excluding hydrogens is 352 g/mol. The highest BCUT2D eigenvalue weighted by molar-refractivity contribution is 7.17. The van der Waals surface area contributed by atoms with Crippen molar-refractivity contribution in [2.24, 2.45) is 5.92 Å². The number of carbonyl (C=O) groups excluding carboxylic acids is 2. The zero-order chi connectivity index (χ0) is 19.3. The summed E-state index contributed by atoms with van der Waals surface area (Å²) in [7, 11) is 1.61. The number of benzene rings is 1. The Bertz CT molecular complexity index is 768. The summed E-state index contributed by atoms with van der Waals surface area (Å²) in [4.78, 5) is 29.0. The third-order valence-electron chi connectivity index (χ3n) is 4.04. The first-order chi connectivity index (χ1) is 12.3. The van der Waals surface area contributed by atoms with Gasteiger partial charge in [-0.25, -0.2) is 9.78 Å². The fourth-order valence-corrected chi connectivity index (χ4v) is 3.07. The highest BCUT2D eigenvalue weighted by Gasteiger charge is 2.19. The Morgan fingerprint density at radius 3 is 2.42 bits per heavy atom. The van der Waals surface area contributed by atoms with E-state index < -0.39 is 5.97 Å². The van der Waals surface area contributed by atoms with Crippen molar-refractivity contribution in [3.63, 3.8) is 0 Å². The number of rotatable bonds is 7. The second-order valence-corrected chi connectivity index (χ2v) is 7.34. The van der Waals surface area contributed by atoms with Crippen LogP contribution in [0.1, 0.15) is 36.1 Å². The fraction of sp³-hybridized carbons (Fsp3) is 0.421. The molecule has 0 bridgehead atoms. The molecule has 7 heteroatoms. The molecule has 0 spiro atoms. The van der Waals surface area contributed by atoms with Gasteiger partial charge in [-0.2, -0.15) is 0 Å². The van der Waals surface area contributed by atoms with Crippen LogP contribution < -0.4 is 10.1 Å². The maximum atomic E-state index is 12.3. The summed E-state index contributed by atoms with van der Waals surface area (Å²) in [5.41, 5.74) is 1.48. The summed E-state index contributed by atoms with van der Waals surface area (Å²) in [6, 6.07) is 7.46. The molecule has 0 saturated carbocycles. The number of ether oxygens (including phenoxy) is 2. The largest absolute Gasteiger partial charge is 0.497 e. The number of thiazole rings is 1. The van der Waals surface area contributed by atoms with Crippen molar-refractivity contribution in [1.82, 2.24) is 10.3 Å². The van der Waals surface area contributed by atoms with E-state index in [-0.39, 0.29) is 18.6 Å². The van der Waals surface area contributed by atoms with Gasteiger partial charge in [0.25, 0.3) is 5.91 Å². The third kappa shape index (κ3) is 5.05. The molecule has 1 N–H and O–H groups in total. The number of methoxy groups -OCH3 is 1. The summed E-state index contributed by atoms with van der Waals surface area (Å²) in [5, 5.41) is 3.52. The lowest BCUT2D eigenvalue weighted by molar-refractivity contribution is -0.125. The number of hydrogen-bond donors (Lipinski definition) is 1. The molecule has 6 nitrogen and oxygen atoms in total. The Kier molecular flexibility index (Phi) is 6.74. The molecule has 0 unspecified atom stereocenters. The number of nitrogens with zero attached hydrogens (tertiary/aromatic N) is 1. The minimum absolute atomic E-state index is 0.0213. The lowest BCUT2D eigenvalue weighted by Crippen LogP contribution is -2.38. The molecule has 26 heavy (non-hydrogen) atoms. The lowest BCUT2D eigenvalue weighted by atomic mass is 10.1. The molecule has 1 amide bonds. The van der Waals surface area contributed by atoms with Gasteiger partial charge >= 0.3 is 5.97 Å². The average Bonchev–Trinajstić information content (AvgIpc) is 3.01. The van der Waals surface area contributed by atoms with E-state index in [9.17, 15) is 9.59 Å². The van der Waals surface area contributed by atoms with Crippen molar-refractivity contribution in [3.8, 4) is 16.3 Å². The van der Waals surface area contributed by atoms with E-state index in [0.717, 1.165) is 16.3 Å². The summed E-state index contributed by atoms with van der Waals surface area (Å²) in [6.07, 6.45) is 0. The molecule has 2 aromatic rings. The van der Waals surface area contributed by atoms with Gasteiger partial charge < -0.3 is 14.8 Å². The quantitative estimate of drug-likeness (QED) is 0.749. The minimum atomic E-state index is -0.535. The van der Waals surface area contributed by atoms with Gasteiger partial charge in [0.15, 0.2) is 6.61 Å². The van der Waals surface area contributed by atoms with Crippen LogP contribution >= 0.6 is 11.3 Å². The van der Waals surface area contributed by atoms with Crippen LogP contribution in [0, 0.1) is 12.8 Å². The van der Waals surface area contributed by atoms with Crippen molar-refractivity contribution >= 4 is 23.2 Å². The molecule has 0 aliphatic heterocycles. The summed E-state index contributed by atoms with van der Waals surface area (Å²) < 4.78 is 10.3. The van der Waals surface area contributed by atoms with E-state index in [1.165, 1.54) is 11.3 Å². The predicted octanol–water partition coefficient (Wildman–Crippen LogP) is 3.44. The minimum Gasteiger partial charge on any atom is -0.497 e. The van der Waals surface area contributed by atoms with E-state index in [0.29, 0.717) is 16.5 Å². The lowest BCUT2D eigenvalue weighted by Gasteiger charge is -2.17. The Labute approximate surface area is 157 Å². The summed E-state index contributed by atoms with van der Waals surface area (Å²) in [5.74, 6) is 0.220. The highest BCUT2D eigenvalue weighted by Crippen LogP contribution is 2.29. The molecule has 1 atom stereocenters. The second-order valence-electron chi connectivity index (χ2n) is 6.34. The average molecular weight is 376 g/mol. The third-order valence-corrected chi connectivity index (χ3v) is 5.23. The van der Waals surface area contributed by atoms with Gasteiger partial charge in [0.05, 0.1) is 12.8 Å². The molecule has 140 valence electrons. The van der Waals surface area contributed by atoms with Crippen LogP contribution in [-0.4, -0.2) is 36.6 Å². The Morgan fingerprint density at radius 1 is 1.19 bits per heavy atom. The molecule has 1 aromatic carbocycles. The summed E-state index contributed by atoms with van der Waals surface area (Å²) >= 11 is 1.25. The molecule has 0 saturated heterocycles. The first kappa shape index (κ1) is 19.9. The number of esters is 1. The van der Waals surface area contributed by atoms with E-state index in [1.807, 2.05) is 45.0 Å². The Balaban J connectivity index is 2.01. The Hall–Kier alpha value is -2.41. The zero-order valence-corrected chi connectivity index (χ0v) is 16.5. The topological polar surface area (TPSA) is 77.5 Å². The van der Waals surface area contributed by atoms with Crippen molar-refractivity contribution < 1.29 is 19.1 Å². The SMILES string of the molecule is COc1ccc(-c2nc(C)c(C(=O)OCC(=O)N[C@H](C)C(C)C)s2)cc1. The number of hydrogen-bond acceptors (Lipinski definition) is 6. The molecule has 0 radical (unpaired) electrons. The maximum absolute atomic E-state index is 12.3. The number of nitrogens with one attached hydrogen (secondary N) is 1. The Morgan fingerprint density at radius 2 is 1.85 bits per heavy atom. The van der Waals surface area contributed by atoms with E-state index in [2.05, 4.69) is 10.3 Å². The van der Waals surface area contributed by atoms with Crippen LogP contribution in [0.2, 0.25) is 0 Å². The van der Waals surface area contributed by atoms with Crippen molar-refractivity contribution in [3.05, 3.63) is 34.8 Å². The van der Waals surface area contributed by atoms with Crippen LogP contribution in [-0.2, 0) is 9.53 Å². The van der Waals surface area contributed by atoms with E-state index >= 15 is 0 Å². The molecule has 1 aromatic heterocycles. The van der Waals surface area contributed by atoms with Crippen molar-refractivity contribution in [1.29, 1.82) is 0 Å². The van der Waals surface area contributed by atoms with Gasteiger partial charge in [-0.05, 0) is 44.0 Å². The van der Waals surface area contributed by atoms with E-state index in [1.54, 1.807) is 14.0 Å². The van der Waals surface area contributed by atoms with Crippen LogP contribution in [0.4, 0.5) is 0 Å². The monoisotopic (exact) mass is 376 g/mol. The van der Waals surface area contributed by atoms with Crippen molar-refractivity contribution in [2.45, 2.75) is 33.7 Å². The van der Waals surface area contributed by atoms with Crippen LogP contribution in [0.15, 0.2) is 24.3 Å². The second kappa shape index (κ2) is 8.80. The van der Waals surface area contributed by atoms with Crippen LogP contribution in [0.25, 0.3) is 10.6 Å². The van der Waals surface area contributed by atoms with Crippen molar-refractivity contribution in [2.75, 3.05) is 13.7 Å². The normalized spacial score (nSPS) is 11.9.